The molecule has 2 aromatic carbocycles. The minimum atomic E-state index is -1.13. The first-order valence-electron chi connectivity index (χ1n) is 9.94. The van der Waals surface area contributed by atoms with Crippen LogP contribution in [0.1, 0.15) is 18.4 Å². The molecule has 32 heavy (non-hydrogen) atoms. The predicted molar refractivity (Wildman–Crippen MR) is 124 cm³/mol. The second-order valence-corrected chi connectivity index (χ2v) is 9.28. The average molecular weight is 485 g/mol. The van der Waals surface area contributed by atoms with Crippen LogP contribution in [0.15, 0.2) is 46.2 Å². The second kappa shape index (κ2) is 13.0. The highest BCUT2D eigenvalue weighted by atomic mass is 32.2. The van der Waals surface area contributed by atoms with Crippen molar-refractivity contribution >= 4 is 29.4 Å². The molecule has 1 fully saturated rings. The van der Waals surface area contributed by atoms with E-state index in [0.29, 0.717) is 18.0 Å². The molecular weight excluding hydrogens is 457 g/mol. The van der Waals surface area contributed by atoms with Crippen molar-refractivity contribution in [2.24, 2.45) is 5.14 Å². The van der Waals surface area contributed by atoms with Crippen LogP contribution < -0.4 is 10.9 Å². The molecule has 1 aliphatic rings. The average Bonchev–Trinajstić information content (AvgIpc) is 2.76. The number of hydrogen-bond donors (Lipinski definition) is 2. The van der Waals surface area contributed by atoms with E-state index in [2.05, 4.69) is 4.90 Å². The summed E-state index contributed by atoms with van der Waals surface area (Å²) < 4.78 is 44.2. The van der Waals surface area contributed by atoms with Gasteiger partial charge in [-0.15, -0.1) is 11.8 Å². The van der Waals surface area contributed by atoms with Crippen molar-refractivity contribution in [2.75, 3.05) is 44.8 Å². The molecule has 0 unspecified atom stereocenters. The van der Waals surface area contributed by atoms with E-state index in [4.69, 9.17) is 20.9 Å². The van der Waals surface area contributed by atoms with Crippen LogP contribution in [0.25, 0.3) is 0 Å². The lowest BCUT2D eigenvalue weighted by Crippen LogP contribution is -2.61. The highest BCUT2D eigenvalue weighted by molar-refractivity contribution is 7.99. The monoisotopic (exact) mass is 484 g/mol. The smallest absolute Gasteiger partial charge is 0.159 e. The molecule has 3 rings (SSSR count). The Balaban J connectivity index is 0.000000258. The number of likely N-dealkylation sites (tertiary alicyclic amines) is 1. The van der Waals surface area contributed by atoms with E-state index in [9.17, 15) is 13.2 Å². The van der Waals surface area contributed by atoms with Gasteiger partial charge in [0.25, 0.3) is 0 Å². The molecule has 1 aliphatic heterocycles. The summed E-state index contributed by atoms with van der Waals surface area (Å²) in [6.45, 7) is 2.13. The molecule has 1 heterocycles. The molecular formula is C22H27F3N4OS2. The summed E-state index contributed by atoms with van der Waals surface area (Å²) in [6, 6.07) is 11.0. The highest BCUT2D eigenvalue weighted by Crippen LogP contribution is 2.26. The third kappa shape index (κ3) is 8.22. The van der Waals surface area contributed by atoms with Gasteiger partial charge in [-0.25, -0.2) is 13.2 Å². The number of rotatable bonds is 9. The Morgan fingerprint density at radius 2 is 1.84 bits per heavy atom. The number of nitriles is 1. The number of nitrogens with zero attached hydrogens (tertiary/aromatic N) is 2. The molecule has 2 aromatic rings. The summed E-state index contributed by atoms with van der Waals surface area (Å²) in [5.41, 5.74) is 4.13. The van der Waals surface area contributed by atoms with Gasteiger partial charge in [0.05, 0.1) is 17.9 Å². The minimum absolute atomic E-state index is 0.114. The molecule has 0 atom stereocenters. The van der Waals surface area contributed by atoms with Crippen LogP contribution in [0.3, 0.4) is 0 Å². The molecule has 0 spiro atoms. The Hall–Kier alpha value is -1.90. The Bertz CT molecular complexity index is 903. The topological polar surface area (TPSA) is 88.3 Å². The SMILES string of the molecule is COCC1(F)CN(CCCCSc2ccc(F)cc2)C1.N#Cc1cc(SN)cc(F)c1N. The van der Waals surface area contributed by atoms with Gasteiger partial charge in [0.2, 0.25) is 0 Å². The van der Waals surface area contributed by atoms with Gasteiger partial charge in [-0.3, -0.25) is 10.0 Å². The molecule has 5 nitrogen and oxygen atoms in total. The molecule has 4 N–H and O–H groups in total. The Morgan fingerprint density at radius 1 is 1.16 bits per heavy atom. The fourth-order valence-corrected chi connectivity index (χ4v) is 4.45. The van der Waals surface area contributed by atoms with E-state index in [1.807, 2.05) is 0 Å². The fourth-order valence-electron chi connectivity index (χ4n) is 3.18. The maximum Gasteiger partial charge on any atom is 0.159 e. The number of nitrogen functional groups attached to an aromatic ring is 1. The van der Waals surface area contributed by atoms with Gasteiger partial charge in [-0.2, -0.15) is 5.26 Å². The van der Waals surface area contributed by atoms with Crippen molar-refractivity contribution in [2.45, 2.75) is 28.3 Å². The van der Waals surface area contributed by atoms with Gasteiger partial charge in [0.15, 0.2) is 5.67 Å². The number of anilines is 1. The molecule has 0 saturated carbocycles. The number of methoxy groups -OCH3 is 1. The summed E-state index contributed by atoms with van der Waals surface area (Å²) in [5.74, 6) is 0.207. The van der Waals surface area contributed by atoms with Crippen molar-refractivity contribution in [3.63, 3.8) is 0 Å². The molecule has 0 amide bonds. The zero-order valence-electron chi connectivity index (χ0n) is 17.8. The summed E-state index contributed by atoms with van der Waals surface area (Å²) in [7, 11) is 1.54. The fraction of sp³-hybridized carbons (Fsp3) is 0.409. The van der Waals surface area contributed by atoms with Crippen LogP contribution in [-0.4, -0.2) is 49.7 Å². The van der Waals surface area contributed by atoms with Crippen molar-refractivity contribution in [1.82, 2.24) is 4.90 Å². The normalized spacial score (nSPS) is 14.8. The van der Waals surface area contributed by atoms with E-state index in [-0.39, 0.29) is 23.7 Å². The molecule has 1 saturated heterocycles. The van der Waals surface area contributed by atoms with Gasteiger partial charge < -0.3 is 10.5 Å². The maximum atomic E-state index is 13.8. The number of nitrogens with two attached hydrogens (primary N) is 2. The van der Waals surface area contributed by atoms with Crippen LogP contribution in [0.4, 0.5) is 18.9 Å². The van der Waals surface area contributed by atoms with Gasteiger partial charge in [-0.1, -0.05) is 0 Å². The predicted octanol–water partition coefficient (Wildman–Crippen LogP) is 4.61. The molecule has 0 aliphatic carbocycles. The van der Waals surface area contributed by atoms with Crippen molar-refractivity contribution < 1.29 is 17.9 Å². The number of alkyl halides is 1. The lowest BCUT2D eigenvalue weighted by atomic mass is 9.97. The van der Waals surface area contributed by atoms with Crippen LogP contribution in [0.2, 0.25) is 0 Å². The number of benzene rings is 2. The van der Waals surface area contributed by atoms with Crippen LogP contribution >= 0.6 is 23.7 Å². The molecule has 0 radical (unpaired) electrons. The number of unbranched alkanes of at least 4 members (excludes halogenated alkanes) is 1. The lowest BCUT2D eigenvalue weighted by molar-refractivity contribution is -0.0770. The van der Waals surface area contributed by atoms with Crippen LogP contribution in [0.5, 0.6) is 0 Å². The summed E-state index contributed by atoms with van der Waals surface area (Å²) >= 11 is 2.61. The van der Waals surface area contributed by atoms with E-state index in [0.717, 1.165) is 42.0 Å². The first-order chi connectivity index (χ1) is 15.3. The van der Waals surface area contributed by atoms with Crippen LogP contribution in [-0.2, 0) is 4.74 Å². The summed E-state index contributed by atoms with van der Waals surface area (Å²) in [4.78, 5) is 3.71. The van der Waals surface area contributed by atoms with E-state index >= 15 is 0 Å². The van der Waals surface area contributed by atoms with Crippen molar-refractivity contribution in [1.29, 1.82) is 5.26 Å². The third-order valence-corrected chi connectivity index (χ3v) is 6.33. The maximum absolute atomic E-state index is 13.8. The first-order valence-corrected chi connectivity index (χ1v) is 11.8. The largest absolute Gasteiger partial charge is 0.395 e. The standard InChI is InChI=1S/C15H21F2NOS.C7H6FN3S/c1-19-12-15(17)10-18(11-15)8-2-3-9-20-14-6-4-13(16)5-7-14;8-6-2-5(12-11)1-4(3-9)7(6)10/h4-7H,2-3,8-12H2,1H3;1-2H,10-11H2. The number of halogens is 3. The number of thioether (sulfide) groups is 1. The van der Waals surface area contributed by atoms with Gasteiger partial charge in [-0.05, 0) is 73.5 Å². The zero-order valence-corrected chi connectivity index (χ0v) is 19.5. The Labute approximate surface area is 195 Å². The highest BCUT2D eigenvalue weighted by Gasteiger charge is 2.42. The molecule has 0 aromatic heterocycles. The van der Waals surface area contributed by atoms with Gasteiger partial charge in [0.1, 0.15) is 17.7 Å². The van der Waals surface area contributed by atoms with Crippen molar-refractivity contribution in [3.05, 3.63) is 53.6 Å². The van der Waals surface area contributed by atoms with Gasteiger partial charge >= 0.3 is 0 Å². The minimum Gasteiger partial charge on any atom is -0.395 e. The summed E-state index contributed by atoms with van der Waals surface area (Å²) in [6.07, 6.45) is 2.15. The Kier molecular flexibility index (Phi) is 10.7. The molecule has 0 bridgehead atoms. The molecule has 10 heteroatoms. The lowest BCUT2D eigenvalue weighted by Gasteiger charge is -2.44. The Morgan fingerprint density at radius 3 is 2.44 bits per heavy atom. The van der Waals surface area contributed by atoms with E-state index in [1.54, 1.807) is 30.0 Å². The zero-order chi connectivity index (χ0) is 23.6. The number of hydrogen-bond acceptors (Lipinski definition) is 7. The second-order valence-electron chi connectivity index (χ2n) is 7.40. The summed E-state index contributed by atoms with van der Waals surface area (Å²) in [5, 5.41) is 13.7. The molecule has 174 valence electrons. The quantitative estimate of drug-likeness (QED) is 0.232. The first kappa shape index (κ1) is 26.4. The van der Waals surface area contributed by atoms with Crippen molar-refractivity contribution in [3.8, 4) is 6.07 Å². The third-order valence-electron chi connectivity index (χ3n) is 4.73. The van der Waals surface area contributed by atoms with E-state index < -0.39 is 11.5 Å². The number of ether oxygens (including phenoxy) is 1. The van der Waals surface area contributed by atoms with E-state index in [1.165, 1.54) is 31.4 Å². The van der Waals surface area contributed by atoms with Crippen LogP contribution in [0, 0.1) is 23.0 Å². The van der Waals surface area contributed by atoms with Gasteiger partial charge in [0, 0.05) is 30.0 Å².